The van der Waals surface area contributed by atoms with Crippen molar-refractivity contribution in [3.8, 4) is 5.75 Å². The van der Waals surface area contributed by atoms with Gasteiger partial charge >= 0.3 is 6.11 Å². The quantitative estimate of drug-likeness (QED) is 0.485. The molecule has 0 radical (unpaired) electrons. The molecule has 36 heavy (non-hydrogen) atoms. The molecule has 0 spiro atoms. The van der Waals surface area contributed by atoms with Gasteiger partial charge in [-0.15, -0.1) is 0 Å². The lowest BCUT2D eigenvalue weighted by atomic mass is 9.89. The summed E-state index contributed by atoms with van der Waals surface area (Å²) in [5.41, 5.74) is 2.63. The Labute approximate surface area is 207 Å². The van der Waals surface area contributed by atoms with E-state index in [1.54, 1.807) is 30.3 Å². The summed E-state index contributed by atoms with van der Waals surface area (Å²) in [4.78, 5) is 17.7. The van der Waals surface area contributed by atoms with Crippen molar-refractivity contribution < 1.29 is 27.8 Å². The van der Waals surface area contributed by atoms with Gasteiger partial charge in [0.25, 0.3) is 5.91 Å². The number of nitrogens with one attached hydrogen (secondary N) is 1. The number of allylic oxidation sites excluding steroid dienone is 3. The molecule has 2 atom stereocenters. The van der Waals surface area contributed by atoms with Gasteiger partial charge in [0.1, 0.15) is 17.3 Å². The zero-order valence-corrected chi connectivity index (χ0v) is 19.8. The number of alkyl halides is 2. The topological polar surface area (TPSA) is 70.9 Å². The fourth-order valence-corrected chi connectivity index (χ4v) is 4.00. The van der Waals surface area contributed by atoms with Gasteiger partial charge in [0.15, 0.2) is 0 Å². The lowest BCUT2D eigenvalue weighted by molar-refractivity contribution is -0.131. The molecule has 2 aromatic carbocycles. The van der Waals surface area contributed by atoms with Gasteiger partial charge in [0, 0.05) is 11.6 Å². The predicted molar refractivity (Wildman–Crippen MR) is 133 cm³/mol. The molecule has 0 bridgehead atoms. The minimum atomic E-state index is -3.42. The average Bonchev–Trinajstić information content (AvgIpc) is 2.82. The number of nitrogens with zero attached hydrogens (tertiary/aromatic N) is 1. The van der Waals surface area contributed by atoms with Crippen molar-refractivity contribution >= 4 is 22.9 Å². The molecule has 0 unspecified atom stereocenters. The molecule has 1 amide bonds. The summed E-state index contributed by atoms with van der Waals surface area (Å²) in [6, 6.07) is 11.8. The van der Waals surface area contributed by atoms with Crippen LogP contribution in [0.1, 0.15) is 43.7 Å². The number of ether oxygens (including phenoxy) is 1. The molecule has 2 N–H and O–H groups in total. The van der Waals surface area contributed by atoms with Gasteiger partial charge in [0.05, 0.1) is 17.8 Å². The summed E-state index contributed by atoms with van der Waals surface area (Å²) in [6.45, 7) is 1.48. The lowest BCUT2D eigenvalue weighted by Gasteiger charge is -2.32. The predicted octanol–water partition coefficient (Wildman–Crippen LogP) is 5.67. The Hall–Kier alpha value is -3.65. The number of benzene rings is 2. The normalized spacial score (nSPS) is 24.8. The Morgan fingerprint density at radius 1 is 1.17 bits per heavy atom. The average molecular weight is 497 g/mol. The number of halogens is 3. The molecule has 0 saturated heterocycles. The highest BCUT2D eigenvalue weighted by molar-refractivity contribution is 6.45. The van der Waals surface area contributed by atoms with Crippen molar-refractivity contribution in [1.29, 1.82) is 0 Å². The Bertz CT molecular complexity index is 1230. The molecule has 1 aliphatic heterocycles. The second kappa shape index (κ2) is 11.0. The minimum absolute atomic E-state index is 0.00665. The van der Waals surface area contributed by atoms with E-state index in [-0.39, 0.29) is 17.5 Å². The third-order valence-corrected chi connectivity index (χ3v) is 6.05. The number of carbonyl (C=O) groups is 1. The van der Waals surface area contributed by atoms with Crippen LogP contribution in [0.15, 0.2) is 77.8 Å². The van der Waals surface area contributed by atoms with Gasteiger partial charge in [-0.3, -0.25) is 4.79 Å². The summed E-state index contributed by atoms with van der Waals surface area (Å²) in [7, 11) is 0. The first-order valence-corrected chi connectivity index (χ1v) is 11.8. The van der Waals surface area contributed by atoms with Crippen molar-refractivity contribution in [3.63, 3.8) is 0 Å². The number of aliphatic hydroxyl groups is 1. The van der Waals surface area contributed by atoms with Crippen molar-refractivity contribution in [3.05, 3.63) is 89.8 Å². The molecule has 188 valence electrons. The molecule has 1 saturated carbocycles. The number of hydrogen-bond donors (Lipinski definition) is 2. The number of carbonyl (C=O) groups excluding carboxylic acids is 1. The summed E-state index contributed by atoms with van der Waals surface area (Å²) >= 11 is 0. The summed E-state index contributed by atoms with van der Waals surface area (Å²) in [5, 5.41) is 12.7. The maximum absolute atomic E-state index is 13.8. The monoisotopic (exact) mass is 496 g/mol. The van der Waals surface area contributed by atoms with E-state index in [1.165, 1.54) is 37.3 Å². The number of hydrogen-bond acceptors (Lipinski definition) is 4. The standard InChI is InChI=1S/C28H27F3N2O3/c1-2-15-28(30,31)36-22-11-9-18(10-12-22)19-5-4-8-23(20-6-3-7-21(29)16-20)32-25(17-19)27(35)33-24-13-14-26(24)34/h2-3,6-12,15-17,24,26,34H,4-5,13-14H2,1H3,(H,33,35)/b15-2+,19-17+,23-8-,32-25+/t24-,26+/m0/s1. The van der Waals surface area contributed by atoms with Crippen LogP contribution in [0, 0.1) is 5.82 Å². The van der Waals surface area contributed by atoms with E-state index in [0.29, 0.717) is 43.0 Å². The van der Waals surface area contributed by atoms with Crippen LogP contribution in [0.4, 0.5) is 13.2 Å². The van der Waals surface area contributed by atoms with Crippen LogP contribution >= 0.6 is 0 Å². The maximum atomic E-state index is 13.8. The Morgan fingerprint density at radius 3 is 2.58 bits per heavy atom. The Kier molecular flexibility index (Phi) is 7.74. The van der Waals surface area contributed by atoms with Gasteiger partial charge in [-0.05, 0) is 74.1 Å². The summed E-state index contributed by atoms with van der Waals surface area (Å²) in [6.07, 6.45) is 3.74. The maximum Gasteiger partial charge on any atom is 0.419 e. The van der Waals surface area contributed by atoms with Gasteiger partial charge < -0.3 is 15.2 Å². The number of rotatable bonds is 7. The summed E-state index contributed by atoms with van der Waals surface area (Å²) < 4.78 is 46.1. The van der Waals surface area contributed by atoms with E-state index in [9.17, 15) is 23.1 Å². The van der Waals surface area contributed by atoms with Gasteiger partial charge in [0.2, 0.25) is 0 Å². The molecular formula is C28H27F3N2O3. The number of amides is 1. The molecule has 4 rings (SSSR count). The molecule has 5 nitrogen and oxygen atoms in total. The van der Waals surface area contributed by atoms with Crippen LogP contribution in [-0.2, 0) is 4.79 Å². The van der Waals surface area contributed by atoms with E-state index in [4.69, 9.17) is 4.74 Å². The fraction of sp³-hybridized carbons (Fsp3) is 0.286. The highest BCUT2D eigenvalue weighted by Gasteiger charge is 2.31. The van der Waals surface area contributed by atoms with Gasteiger partial charge in [-0.25, -0.2) is 9.38 Å². The third kappa shape index (κ3) is 6.31. The van der Waals surface area contributed by atoms with Crippen LogP contribution in [-0.4, -0.2) is 35.0 Å². The third-order valence-electron chi connectivity index (χ3n) is 6.05. The Balaban J connectivity index is 1.64. The summed E-state index contributed by atoms with van der Waals surface area (Å²) in [5.74, 6) is -0.855. The van der Waals surface area contributed by atoms with Crippen molar-refractivity contribution in [1.82, 2.24) is 5.32 Å². The van der Waals surface area contributed by atoms with Gasteiger partial charge in [-0.2, -0.15) is 8.78 Å². The van der Waals surface area contributed by atoms with E-state index < -0.39 is 23.9 Å². The first kappa shape index (κ1) is 25.4. The molecule has 1 aliphatic carbocycles. The molecule has 1 fully saturated rings. The van der Waals surface area contributed by atoms with Gasteiger partial charge in [-0.1, -0.05) is 36.4 Å². The van der Waals surface area contributed by atoms with E-state index in [2.05, 4.69) is 10.3 Å². The Morgan fingerprint density at radius 2 is 1.94 bits per heavy atom. The smallest absolute Gasteiger partial charge is 0.419 e. The van der Waals surface area contributed by atoms with Crippen molar-refractivity contribution in [2.75, 3.05) is 0 Å². The van der Waals surface area contributed by atoms with E-state index in [1.807, 2.05) is 6.08 Å². The molecule has 8 heteroatoms. The zero-order chi connectivity index (χ0) is 25.7. The van der Waals surface area contributed by atoms with Crippen molar-refractivity contribution in [2.45, 2.75) is 50.9 Å². The fourth-order valence-electron chi connectivity index (χ4n) is 4.00. The molecule has 1 heterocycles. The second-order valence-electron chi connectivity index (χ2n) is 8.72. The molecule has 0 aromatic heterocycles. The molecule has 2 aromatic rings. The van der Waals surface area contributed by atoms with Crippen LogP contribution in [0.3, 0.4) is 0 Å². The first-order chi connectivity index (χ1) is 17.2. The second-order valence-corrected chi connectivity index (χ2v) is 8.72. The number of aliphatic imine (C=N–C) groups is 1. The SMILES string of the molecule is C/C=C/C(F)(F)Oc1ccc(/C2=C/C(C(=O)N[C@H]3CC[C@H]3O)=N\C(c3cccc(F)c3)=C/CC2)cc1. The van der Waals surface area contributed by atoms with Crippen LogP contribution in [0.2, 0.25) is 0 Å². The van der Waals surface area contributed by atoms with E-state index in [0.717, 1.165) is 11.1 Å². The highest BCUT2D eigenvalue weighted by atomic mass is 19.3. The molecule has 2 aliphatic rings. The van der Waals surface area contributed by atoms with Crippen LogP contribution < -0.4 is 10.1 Å². The van der Waals surface area contributed by atoms with Crippen LogP contribution in [0.25, 0.3) is 11.3 Å². The molecular weight excluding hydrogens is 469 g/mol. The first-order valence-electron chi connectivity index (χ1n) is 11.8. The van der Waals surface area contributed by atoms with Crippen LogP contribution in [0.5, 0.6) is 5.75 Å². The zero-order valence-electron chi connectivity index (χ0n) is 19.8. The highest BCUT2D eigenvalue weighted by Crippen LogP contribution is 2.29. The minimum Gasteiger partial charge on any atom is -0.429 e. The number of aliphatic hydroxyl groups excluding tert-OH is 1. The van der Waals surface area contributed by atoms with E-state index >= 15 is 0 Å². The van der Waals surface area contributed by atoms with Crippen molar-refractivity contribution in [2.24, 2.45) is 4.99 Å². The largest absolute Gasteiger partial charge is 0.429 e. The lowest BCUT2D eigenvalue weighted by Crippen LogP contribution is -2.51.